The number of hydrogen-bond donors (Lipinski definition) is 2. The number of benzene rings is 1. The van der Waals surface area contributed by atoms with Gasteiger partial charge in [-0.1, -0.05) is 0 Å². The molecule has 0 radical (unpaired) electrons. The van der Waals surface area contributed by atoms with Crippen molar-refractivity contribution in [2.24, 2.45) is 0 Å². The van der Waals surface area contributed by atoms with Gasteiger partial charge in [-0.2, -0.15) is 5.26 Å². The molecule has 2 atom stereocenters. The predicted molar refractivity (Wildman–Crippen MR) is 76.7 cm³/mol. The van der Waals surface area contributed by atoms with Crippen molar-refractivity contribution in [2.75, 3.05) is 6.54 Å². The molecule has 1 heterocycles. The average molecular weight is 293 g/mol. The SMILES string of the molecule is Cc1cc(C#N)ccc1S(=O)(=O)NC1CCNC(C)C1. The van der Waals surface area contributed by atoms with E-state index in [1.54, 1.807) is 13.0 Å². The van der Waals surface area contributed by atoms with E-state index in [0.29, 0.717) is 17.2 Å². The van der Waals surface area contributed by atoms with Gasteiger partial charge in [-0.3, -0.25) is 0 Å². The van der Waals surface area contributed by atoms with Gasteiger partial charge in [-0.05, 0) is 57.0 Å². The van der Waals surface area contributed by atoms with E-state index < -0.39 is 10.0 Å². The standard InChI is InChI=1S/C14H19N3O2S/c1-10-7-12(9-15)3-4-14(10)20(18,19)17-13-5-6-16-11(2)8-13/h3-4,7,11,13,16-17H,5-6,8H2,1-2H3. The van der Waals surface area contributed by atoms with E-state index in [1.807, 2.05) is 13.0 Å². The van der Waals surface area contributed by atoms with Crippen molar-refractivity contribution in [3.05, 3.63) is 29.3 Å². The molecule has 0 aromatic heterocycles. The number of piperidine rings is 1. The van der Waals surface area contributed by atoms with E-state index in [0.717, 1.165) is 19.4 Å². The van der Waals surface area contributed by atoms with Gasteiger partial charge in [0.15, 0.2) is 0 Å². The lowest BCUT2D eigenvalue weighted by molar-refractivity contribution is 0.361. The van der Waals surface area contributed by atoms with Gasteiger partial charge >= 0.3 is 0 Å². The first kappa shape index (κ1) is 15.0. The Morgan fingerprint density at radius 2 is 2.20 bits per heavy atom. The highest BCUT2D eigenvalue weighted by atomic mass is 32.2. The van der Waals surface area contributed by atoms with Crippen LogP contribution in [0, 0.1) is 18.3 Å². The number of nitriles is 1. The lowest BCUT2D eigenvalue weighted by atomic mass is 10.0. The molecule has 20 heavy (non-hydrogen) atoms. The number of aryl methyl sites for hydroxylation is 1. The van der Waals surface area contributed by atoms with Crippen LogP contribution < -0.4 is 10.0 Å². The number of nitrogens with zero attached hydrogens (tertiary/aromatic N) is 1. The second-order valence-electron chi connectivity index (χ2n) is 5.29. The van der Waals surface area contributed by atoms with E-state index >= 15 is 0 Å². The van der Waals surface area contributed by atoms with Gasteiger partial charge in [0.1, 0.15) is 0 Å². The van der Waals surface area contributed by atoms with Crippen LogP contribution in [-0.4, -0.2) is 27.0 Å². The monoisotopic (exact) mass is 293 g/mol. The Kier molecular flexibility index (Phi) is 4.43. The van der Waals surface area contributed by atoms with Crippen LogP contribution in [0.2, 0.25) is 0 Å². The van der Waals surface area contributed by atoms with Gasteiger partial charge in [-0.15, -0.1) is 0 Å². The summed E-state index contributed by atoms with van der Waals surface area (Å²) < 4.78 is 27.6. The highest BCUT2D eigenvalue weighted by Crippen LogP contribution is 2.18. The molecule has 1 aromatic carbocycles. The molecule has 0 amide bonds. The molecule has 5 nitrogen and oxygen atoms in total. The van der Waals surface area contributed by atoms with Crippen molar-refractivity contribution < 1.29 is 8.42 Å². The third-order valence-corrected chi connectivity index (χ3v) is 5.22. The summed E-state index contributed by atoms with van der Waals surface area (Å²) in [4.78, 5) is 0.252. The second kappa shape index (κ2) is 5.92. The Morgan fingerprint density at radius 3 is 2.80 bits per heavy atom. The van der Waals surface area contributed by atoms with Crippen molar-refractivity contribution >= 4 is 10.0 Å². The number of sulfonamides is 1. The highest BCUT2D eigenvalue weighted by Gasteiger charge is 2.25. The topological polar surface area (TPSA) is 82.0 Å². The van der Waals surface area contributed by atoms with Gasteiger partial charge in [0.25, 0.3) is 0 Å². The first-order valence-electron chi connectivity index (χ1n) is 6.69. The molecule has 1 aliphatic rings. The fourth-order valence-electron chi connectivity index (χ4n) is 2.54. The van der Waals surface area contributed by atoms with Crippen LogP contribution in [0.1, 0.15) is 30.9 Å². The van der Waals surface area contributed by atoms with Crippen molar-refractivity contribution in [1.29, 1.82) is 5.26 Å². The molecule has 1 aliphatic heterocycles. The number of rotatable bonds is 3. The lowest BCUT2D eigenvalue weighted by Gasteiger charge is -2.28. The van der Waals surface area contributed by atoms with E-state index in [9.17, 15) is 8.42 Å². The minimum Gasteiger partial charge on any atom is -0.314 e. The molecular weight excluding hydrogens is 274 g/mol. The van der Waals surface area contributed by atoms with E-state index in [4.69, 9.17) is 5.26 Å². The third-order valence-electron chi connectivity index (χ3n) is 3.54. The molecule has 1 saturated heterocycles. The van der Waals surface area contributed by atoms with Gasteiger partial charge in [0.2, 0.25) is 10.0 Å². The summed E-state index contributed by atoms with van der Waals surface area (Å²) in [6, 6.07) is 6.92. The van der Waals surface area contributed by atoms with Crippen LogP contribution in [0.15, 0.2) is 23.1 Å². The van der Waals surface area contributed by atoms with Crippen LogP contribution >= 0.6 is 0 Å². The Morgan fingerprint density at radius 1 is 1.45 bits per heavy atom. The molecule has 0 aliphatic carbocycles. The fraction of sp³-hybridized carbons (Fsp3) is 0.500. The molecule has 0 spiro atoms. The second-order valence-corrected chi connectivity index (χ2v) is 6.97. The fourth-order valence-corrected chi connectivity index (χ4v) is 4.05. The smallest absolute Gasteiger partial charge is 0.241 e. The molecule has 2 rings (SSSR count). The zero-order valence-corrected chi connectivity index (χ0v) is 12.5. The van der Waals surface area contributed by atoms with Gasteiger partial charge < -0.3 is 5.32 Å². The van der Waals surface area contributed by atoms with Gasteiger partial charge in [0.05, 0.1) is 16.5 Å². The van der Waals surface area contributed by atoms with Crippen molar-refractivity contribution in [3.8, 4) is 6.07 Å². The van der Waals surface area contributed by atoms with Crippen LogP contribution in [0.3, 0.4) is 0 Å². The molecule has 2 unspecified atom stereocenters. The zero-order valence-electron chi connectivity index (χ0n) is 11.7. The Bertz CT molecular complexity index is 634. The summed E-state index contributed by atoms with van der Waals surface area (Å²) in [6.45, 7) is 4.58. The Hall–Kier alpha value is -1.42. The van der Waals surface area contributed by atoms with Crippen molar-refractivity contribution in [1.82, 2.24) is 10.0 Å². The zero-order chi connectivity index (χ0) is 14.8. The molecule has 0 bridgehead atoms. The highest BCUT2D eigenvalue weighted by molar-refractivity contribution is 7.89. The minimum atomic E-state index is -3.53. The maximum absolute atomic E-state index is 12.4. The normalized spacial score (nSPS) is 23.2. The molecule has 1 fully saturated rings. The largest absolute Gasteiger partial charge is 0.314 e. The van der Waals surface area contributed by atoms with E-state index in [-0.39, 0.29) is 10.9 Å². The summed E-state index contributed by atoms with van der Waals surface area (Å²) in [7, 11) is -3.53. The summed E-state index contributed by atoms with van der Waals surface area (Å²) >= 11 is 0. The summed E-state index contributed by atoms with van der Waals surface area (Å²) in [5, 5.41) is 12.1. The first-order chi connectivity index (χ1) is 9.42. The predicted octanol–water partition coefficient (Wildman–Crippen LogP) is 1.29. The van der Waals surface area contributed by atoms with Crippen molar-refractivity contribution in [2.45, 2.75) is 43.7 Å². The van der Waals surface area contributed by atoms with Crippen LogP contribution in [0.5, 0.6) is 0 Å². The molecule has 6 heteroatoms. The van der Waals surface area contributed by atoms with Gasteiger partial charge in [0, 0.05) is 12.1 Å². The lowest BCUT2D eigenvalue weighted by Crippen LogP contribution is -2.46. The third kappa shape index (κ3) is 3.37. The van der Waals surface area contributed by atoms with Crippen LogP contribution in [0.4, 0.5) is 0 Å². The van der Waals surface area contributed by atoms with Gasteiger partial charge in [-0.25, -0.2) is 13.1 Å². The first-order valence-corrected chi connectivity index (χ1v) is 8.17. The molecule has 2 N–H and O–H groups in total. The summed E-state index contributed by atoms with van der Waals surface area (Å²) in [5.41, 5.74) is 1.07. The quantitative estimate of drug-likeness (QED) is 0.879. The minimum absolute atomic E-state index is 0.0358. The molecule has 108 valence electrons. The summed E-state index contributed by atoms with van der Waals surface area (Å²) in [6.07, 6.45) is 1.58. The molecular formula is C14H19N3O2S. The summed E-state index contributed by atoms with van der Waals surface area (Å²) in [5.74, 6) is 0. The van der Waals surface area contributed by atoms with E-state index in [1.165, 1.54) is 12.1 Å². The van der Waals surface area contributed by atoms with Crippen LogP contribution in [-0.2, 0) is 10.0 Å². The van der Waals surface area contributed by atoms with Crippen molar-refractivity contribution in [3.63, 3.8) is 0 Å². The van der Waals surface area contributed by atoms with Crippen LogP contribution in [0.25, 0.3) is 0 Å². The Balaban J connectivity index is 2.20. The Labute approximate surface area is 120 Å². The maximum Gasteiger partial charge on any atom is 0.241 e. The van der Waals surface area contributed by atoms with E-state index in [2.05, 4.69) is 10.0 Å². The maximum atomic E-state index is 12.4. The molecule has 0 saturated carbocycles. The number of hydrogen-bond acceptors (Lipinski definition) is 4. The molecule has 1 aromatic rings. The average Bonchev–Trinajstić information content (AvgIpc) is 2.37. The number of nitrogens with one attached hydrogen (secondary N) is 2.